The molecule has 0 amide bonds. The van der Waals surface area contributed by atoms with E-state index in [9.17, 15) is 4.79 Å². The van der Waals surface area contributed by atoms with Crippen LogP contribution in [0.2, 0.25) is 0 Å². The number of carbonyl (C=O) groups is 1. The van der Waals surface area contributed by atoms with Crippen molar-refractivity contribution in [2.45, 2.75) is 13.0 Å². The smallest absolute Gasteiger partial charge is 0.338 e. The van der Waals surface area contributed by atoms with Crippen LogP contribution in [0.15, 0.2) is 12.4 Å². The van der Waals surface area contributed by atoms with Gasteiger partial charge in [-0.25, -0.2) is 14.8 Å². The van der Waals surface area contributed by atoms with Gasteiger partial charge in [-0.2, -0.15) is 0 Å². The fraction of sp³-hybridized carbons (Fsp3) is 0.286. The van der Waals surface area contributed by atoms with Gasteiger partial charge in [-0.15, -0.1) is 0 Å². The minimum absolute atomic E-state index is 0.0689. The topological polar surface area (TPSA) is 89.1 Å². The highest BCUT2D eigenvalue weighted by Gasteiger charge is 2.05. The molecule has 0 fully saturated rings. The van der Waals surface area contributed by atoms with Gasteiger partial charge in [-0.1, -0.05) is 0 Å². The van der Waals surface area contributed by atoms with Crippen LogP contribution in [-0.4, -0.2) is 21.0 Å². The number of carboxylic acids is 1. The van der Waals surface area contributed by atoms with E-state index in [1.165, 1.54) is 12.4 Å². The highest BCUT2D eigenvalue weighted by molar-refractivity contribution is 5.86. The van der Waals surface area contributed by atoms with Crippen molar-refractivity contribution in [3.05, 3.63) is 23.8 Å². The molecule has 3 N–H and O–H groups in total. The van der Waals surface area contributed by atoms with Gasteiger partial charge in [-0.3, -0.25) is 0 Å². The predicted octanol–water partition coefficient (Wildman–Crippen LogP) is 0.195. The van der Waals surface area contributed by atoms with Crippen molar-refractivity contribution >= 4 is 5.97 Å². The molecule has 0 saturated heterocycles. The molecule has 5 nitrogen and oxygen atoms in total. The van der Waals surface area contributed by atoms with Crippen LogP contribution >= 0.6 is 0 Å². The Morgan fingerprint density at radius 1 is 1.58 bits per heavy atom. The van der Waals surface area contributed by atoms with Gasteiger partial charge in [0.05, 0.1) is 11.6 Å². The Bertz CT molecular complexity index is 281. The second-order valence-electron chi connectivity index (χ2n) is 2.42. The Balaban J connectivity index is 2.93. The molecule has 0 saturated carbocycles. The van der Waals surface area contributed by atoms with Gasteiger partial charge < -0.3 is 10.8 Å². The van der Waals surface area contributed by atoms with Gasteiger partial charge in [0.25, 0.3) is 0 Å². The number of rotatable bonds is 2. The zero-order chi connectivity index (χ0) is 9.14. The summed E-state index contributed by atoms with van der Waals surface area (Å²) >= 11 is 0. The van der Waals surface area contributed by atoms with E-state index in [0.29, 0.717) is 5.82 Å². The molecule has 0 bridgehead atoms. The highest BCUT2D eigenvalue weighted by Crippen LogP contribution is 2.02. The molecule has 0 aliphatic rings. The Morgan fingerprint density at radius 3 is 2.42 bits per heavy atom. The van der Waals surface area contributed by atoms with E-state index < -0.39 is 5.97 Å². The minimum Gasteiger partial charge on any atom is -0.478 e. The molecule has 0 radical (unpaired) electrons. The second-order valence-corrected chi connectivity index (χ2v) is 2.42. The minimum atomic E-state index is -1.04. The molecule has 5 heteroatoms. The second kappa shape index (κ2) is 3.27. The van der Waals surface area contributed by atoms with Gasteiger partial charge in [0, 0.05) is 12.4 Å². The van der Waals surface area contributed by atoms with Gasteiger partial charge in [0.15, 0.2) is 0 Å². The molecule has 0 aliphatic heterocycles. The number of aromatic nitrogens is 2. The molecule has 1 rings (SSSR count). The van der Waals surface area contributed by atoms with E-state index >= 15 is 0 Å². The molecule has 0 aliphatic carbocycles. The predicted molar refractivity (Wildman–Crippen MR) is 41.6 cm³/mol. The summed E-state index contributed by atoms with van der Waals surface area (Å²) in [6.07, 6.45) is 2.49. The normalized spacial score (nSPS) is 12.5. The average Bonchev–Trinajstić information content (AvgIpc) is 2.04. The molecular weight excluding hydrogens is 158 g/mol. The first-order valence-electron chi connectivity index (χ1n) is 3.42. The quantitative estimate of drug-likeness (QED) is 0.656. The van der Waals surface area contributed by atoms with Gasteiger partial charge in [0.1, 0.15) is 5.82 Å². The lowest BCUT2D eigenvalue weighted by molar-refractivity contribution is 0.0696. The number of hydrogen-bond donors (Lipinski definition) is 2. The third-order valence-electron chi connectivity index (χ3n) is 1.33. The first-order valence-corrected chi connectivity index (χ1v) is 3.42. The van der Waals surface area contributed by atoms with E-state index in [-0.39, 0.29) is 11.6 Å². The fourth-order valence-corrected chi connectivity index (χ4v) is 0.684. The van der Waals surface area contributed by atoms with Crippen molar-refractivity contribution in [3.8, 4) is 0 Å². The number of aromatic carboxylic acids is 1. The van der Waals surface area contributed by atoms with Gasteiger partial charge >= 0.3 is 5.97 Å². The van der Waals surface area contributed by atoms with Crippen molar-refractivity contribution in [1.29, 1.82) is 0 Å². The fourth-order valence-electron chi connectivity index (χ4n) is 0.684. The van der Waals surface area contributed by atoms with Crippen molar-refractivity contribution in [3.63, 3.8) is 0 Å². The zero-order valence-corrected chi connectivity index (χ0v) is 6.56. The monoisotopic (exact) mass is 167 g/mol. The molecule has 64 valence electrons. The maximum atomic E-state index is 10.4. The summed E-state index contributed by atoms with van der Waals surface area (Å²) in [6, 6.07) is -0.271. The summed E-state index contributed by atoms with van der Waals surface area (Å²) in [6.45, 7) is 1.73. The first-order chi connectivity index (χ1) is 5.61. The highest BCUT2D eigenvalue weighted by atomic mass is 16.4. The summed E-state index contributed by atoms with van der Waals surface area (Å²) in [5.74, 6) is -0.591. The van der Waals surface area contributed by atoms with Crippen LogP contribution in [0.4, 0.5) is 0 Å². The summed E-state index contributed by atoms with van der Waals surface area (Å²) in [5, 5.41) is 8.50. The third kappa shape index (κ3) is 1.76. The van der Waals surface area contributed by atoms with Crippen molar-refractivity contribution in [1.82, 2.24) is 9.97 Å². The molecule has 0 spiro atoms. The number of nitrogens with zero attached hydrogens (tertiary/aromatic N) is 2. The third-order valence-corrected chi connectivity index (χ3v) is 1.33. The van der Waals surface area contributed by atoms with Crippen LogP contribution < -0.4 is 5.73 Å². The summed E-state index contributed by atoms with van der Waals surface area (Å²) in [5.41, 5.74) is 5.54. The maximum Gasteiger partial charge on any atom is 0.338 e. The van der Waals surface area contributed by atoms with Gasteiger partial charge in [0.2, 0.25) is 0 Å². The Labute approximate surface area is 69.3 Å². The first kappa shape index (κ1) is 8.61. The van der Waals surface area contributed by atoms with Crippen molar-refractivity contribution in [2.24, 2.45) is 5.73 Å². The Hall–Kier alpha value is -1.49. The molecule has 0 unspecified atom stereocenters. The molecule has 0 aromatic carbocycles. The Kier molecular flexibility index (Phi) is 2.35. The number of hydrogen-bond acceptors (Lipinski definition) is 4. The van der Waals surface area contributed by atoms with Crippen LogP contribution in [0.5, 0.6) is 0 Å². The number of carboxylic acid groups (broad SMARTS) is 1. The largest absolute Gasteiger partial charge is 0.478 e. The van der Waals surface area contributed by atoms with Crippen molar-refractivity contribution < 1.29 is 9.90 Å². The van der Waals surface area contributed by atoms with Crippen LogP contribution in [0.1, 0.15) is 29.1 Å². The molecule has 1 atom stereocenters. The Morgan fingerprint density at radius 2 is 2.08 bits per heavy atom. The van der Waals surface area contributed by atoms with E-state index in [1.54, 1.807) is 6.92 Å². The molecule has 12 heavy (non-hydrogen) atoms. The van der Waals surface area contributed by atoms with E-state index in [0.717, 1.165) is 0 Å². The van der Waals surface area contributed by atoms with Crippen LogP contribution in [-0.2, 0) is 0 Å². The molecule has 1 heterocycles. The lowest BCUT2D eigenvalue weighted by atomic mass is 10.3. The average molecular weight is 167 g/mol. The maximum absolute atomic E-state index is 10.4. The number of nitrogens with two attached hydrogens (primary N) is 1. The summed E-state index contributed by atoms with van der Waals surface area (Å²) in [4.78, 5) is 17.9. The molecule has 1 aromatic rings. The lowest BCUT2D eigenvalue weighted by Crippen LogP contribution is -2.10. The van der Waals surface area contributed by atoms with Crippen molar-refractivity contribution in [2.75, 3.05) is 0 Å². The summed E-state index contributed by atoms with van der Waals surface area (Å²) < 4.78 is 0. The SMILES string of the molecule is C[C@@H](N)c1ncc(C(=O)O)cn1. The summed E-state index contributed by atoms with van der Waals surface area (Å²) in [7, 11) is 0. The zero-order valence-electron chi connectivity index (χ0n) is 6.56. The van der Waals surface area contributed by atoms with E-state index in [2.05, 4.69) is 9.97 Å². The molecule has 1 aromatic heterocycles. The lowest BCUT2D eigenvalue weighted by Gasteiger charge is -2.01. The standard InChI is InChI=1S/C7H9N3O2/c1-4(8)6-9-2-5(3-10-6)7(11)12/h2-4H,8H2,1H3,(H,11,12)/t4-/m1/s1. The van der Waals surface area contributed by atoms with Crippen LogP contribution in [0, 0.1) is 0 Å². The van der Waals surface area contributed by atoms with Crippen LogP contribution in [0.25, 0.3) is 0 Å². The molecular formula is C7H9N3O2. The van der Waals surface area contributed by atoms with Gasteiger partial charge in [-0.05, 0) is 6.92 Å². The van der Waals surface area contributed by atoms with Crippen LogP contribution in [0.3, 0.4) is 0 Å². The van der Waals surface area contributed by atoms with E-state index in [4.69, 9.17) is 10.8 Å². The van der Waals surface area contributed by atoms with E-state index in [1.807, 2.05) is 0 Å².